The van der Waals surface area contributed by atoms with Crippen molar-refractivity contribution >= 4 is 23.2 Å². The van der Waals surface area contributed by atoms with E-state index in [1.54, 1.807) is 41.2 Å². The summed E-state index contributed by atoms with van der Waals surface area (Å²) in [4.78, 5) is 18.3. The molecular formula is C16H17ClN6O. The Hall–Kier alpha value is -2.67. The lowest BCUT2D eigenvalue weighted by atomic mass is 10.2. The molecule has 0 atom stereocenters. The first-order chi connectivity index (χ1) is 11.5. The van der Waals surface area contributed by atoms with E-state index in [4.69, 9.17) is 11.6 Å². The Labute approximate surface area is 144 Å². The van der Waals surface area contributed by atoms with Gasteiger partial charge in [0.15, 0.2) is 5.15 Å². The number of amides is 1. The number of carbonyl (C=O) groups excluding carboxylic acids is 1. The highest BCUT2D eigenvalue weighted by atomic mass is 35.5. The van der Waals surface area contributed by atoms with Crippen molar-refractivity contribution in [1.82, 2.24) is 24.5 Å². The number of hydrogen-bond acceptors (Lipinski definition) is 4. The minimum absolute atomic E-state index is 0.181. The maximum Gasteiger partial charge on any atom is 0.261 e. The fourth-order valence-corrected chi connectivity index (χ4v) is 2.71. The molecule has 0 saturated heterocycles. The van der Waals surface area contributed by atoms with Crippen molar-refractivity contribution in [2.24, 2.45) is 0 Å². The smallest absolute Gasteiger partial charge is 0.261 e. The second kappa shape index (κ2) is 6.45. The average Bonchev–Trinajstić information content (AvgIpc) is 3.17. The predicted molar refractivity (Wildman–Crippen MR) is 91.7 cm³/mol. The maximum absolute atomic E-state index is 12.8. The molecule has 0 saturated carbocycles. The fourth-order valence-electron chi connectivity index (χ4n) is 2.46. The largest absolute Gasteiger partial charge is 0.307 e. The van der Waals surface area contributed by atoms with Gasteiger partial charge in [0.25, 0.3) is 5.91 Å². The molecule has 3 aromatic heterocycles. The molecular weight excluding hydrogens is 328 g/mol. The molecule has 0 aromatic carbocycles. The van der Waals surface area contributed by atoms with Crippen molar-refractivity contribution in [3.05, 3.63) is 53.3 Å². The van der Waals surface area contributed by atoms with E-state index >= 15 is 0 Å². The van der Waals surface area contributed by atoms with Crippen LogP contribution in [0.4, 0.5) is 5.69 Å². The van der Waals surface area contributed by atoms with Gasteiger partial charge in [-0.3, -0.25) is 14.5 Å². The van der Waals surface area contributed by atoms with E-state index in [1.807, 2.05) is 26.0 Å². The van der Waals surface area contributed by atoms with Crippen LogP contribution in [0.15, 0.2) is 36.9 Å². The number of hydrogen-bond donors (Lipinski definition) is 0. The van der Waals surface area contributed by atoms with Gasteiger partial charge in [-0.2, -0.15) is 10.2 Å². The van der Waals surface area contributed by atoms with Crippen molar-refractivity contribution < 1.29 is 4.79 Å². The number of aromatic nitrogens is 5. The summed E-state index contributed by atoms with van der Waals surface area (Å²) in [5.41, 5.74) is 2.66. The van der Waals surface area contributed by atoms with E-state index in [-0.39, 0.29) is 11.1 Å². The molecule has 0 radical (unpaired) electrons. The highest BCUT2D eigenvalue weighted by Crippen LogP contribution is 2.26. The van der Waals surface area contributed by atoms with Crippen LogP contribution in [-0.2, 0) is 6.54 Å². The minimum Gasteiger partial charge on any atom is -0.307 e. The zero-order valence-corrected chi connectivity index (χ0v) is 14.4. The van der Waals surface area contributed by atoms with Crippen LogP contribution in [0.5, 0.6) is 0 Å². The average molecular weight is 345 g/mol. The van der Waals surface area contributed by atoms with Crippen LogP contribution < -0.4 is 4.90 Å². The number of nitrogens with zero attached hydrogens (tertiary/aromatic N) is 6. The summed E-state index contributed by atoms with van der Waals surface area (Å²) in [6.07, 6.45) is 6.64. The second-order valence-corrected chi connectivity index (χ2v) is 5.64. The van der Waals surface area contributed by atoms with Crippen molar-refractivity contribution in [1.29, 1.82) is 0 Å². The fraction of sp³-hybridized carbons (Fsp3) is 0.250. The molecule has 0 aliphatic heterocycles. The Kier molecular flexibility index (Phi) is 4.35. The molecule has 1 amide bonds. The van der Waals surface area contributed by atoms with Crippen LogP contribution in [0.25, 0.3) is 5.69 Å². The van der Waals surface area contributed by atoms with E-state index in [9.17, 15) is 4.79 Å². The van der Waals surface area contributed by atoms with Crippen LogP contribution in [0.2, 0.25) is 5.15 Å². The van der Waals surface area contributed by atoms with Crippen LogP contribution in [0.1, 0.15) is 23.0 Å². The second-order valence-electron chi connectivity index (χ2n) is 5.28. The summed E-state index contributed by atoms with van der Waals surface area (Å²) >= 11 is 6.23. The molecule has 8 heteroatoms. The van der Waals surface area contributed by atoms with Gasteiger partial charge >= 0.3 is 0 Å². The molecule has 0 spiro atoms. The molecule has 24 heavy (non-hydrogen) atoms. The van der Waals surface area contributed by atoms with Gasteiger partial charge in [-0.1, -0.05) is 11.6 Å². The Bertz CT molecular complexity index is 870. The number of halogens is 1. The third-order valence-electron chi connectivity index (χ3n) is 3.86. The van der Waals surface area contributed by atoms with Gasteiger partial charge in [0, 0.05) is 25.5 Å². The minimum atomic E-state index is -0.181. The van der Waals surface area contributed by atoms with Gasteiger partial charge in [-0.15, -0.1) is 0 Å². The van der Waals surface area contributed by atoms with E-state index < -0.39 is 0 Å². The van der Waals surface area contributed by atoms with Crippen molar-refractivity contribution in [2.45, 2.75) is 20.4 Å². The predicted octanol–water partition coefficient (Wildman–Crippen LogP) is 2.72. The van der Waals surface area contributed by atoms with Crippen molar-refractivity contribution in [2.75, 3.05) is 11.9 Å². The molecule has 3 rings (SSSR count). The lowest BCUT2D eigenvalue weighted by molar-refractivity contribution is 0.0992. The van der Waals surface area contributed by atoms with Gasteiger partial charge in [0.2, 0.25) is 0 Å². The first-order valence-corrected chi connectivity index (χ1v) is 7.86. The molecule has 0 fully saturated rings. The molecule has 0 bridgehead atoms. The zero-order chi connectivity index (χ0) is 17.3. The number of pyridine rings is 1. The quantitative estimate of drug-likeness (QED) is 0.729. The molecule has 0 aliphatic carbocycles. The summed E-state index contributed by atoms with van der Waals surface area (Å²) in [6.45, 7) is 4.56. The number of anilines is 1. The number of carbonyl (C=O) groups is 1. The van der Waals surface area contributed by atoms with Gasteiger partial charge in [-0.25, -0.2) is 4.68 Å². The van der Waals surface area contributed by atoms with Crippen molar-refractivity contribution in [3.63, 3.8) is 0 Å². The van der Waals surface area contributed by atoms with E-state index in [0.717, 1.165) is 11.4 Å². The first-order valence-electron chi connectivity index (χ1n) is 7.49. The maximum atomic E-state index is 12.8. The molecule has 124 valence electrons. The topological polar surface area (TPSA) is 68.8 Å². The lowest BCUT2D eigenvalue weighted by Crippen LogP contribution is -2.26. The highest BCUT2D eigenvalue weighted by molar-refractivity contribution is 6.32. The normalized spacial score (nSPS) is 10.8. The Morgan fingerprint density at radius 1 is 1.38 bits per heavy atom. The standard InChI is InChI=1S/C16H17ClN6O/c1-4-22-11(2)13(9-19-22)16(24)21(3)14-10-23(20-15(14)17)12-6-5-7-18-8-12/h5-10H,4H2,1-3H3. The monoisotopic (exact) mass is 344 g/mol. The van der Waals surface area contributed by atoms with Gasteiger partial charge in [0.05, 0.1) is 29.8 Å². The summed E-state index contributed by atoms with van der Waals surface area (Å²) in [5, 5.41) is 8.71. The van der Waals surface area contributed by atoms with E-state index in [1.165, 1.54) is 4.90 Å². The van der Waals surface area contributed by atoms with Crippen molar-refractivity contribution in [3.8, 4) is 5.69 Å². The Morgan fingerprint density at radius 2 is 2.17 bits per heavy atom. The number of rotatable bonds is 4. The molecule has 7 nitrogen and oxygen atoms in total. The first kappa shape index (κ1) is 16.2. The van der Waals surface area contributed by atoms with Crippen LogP contribution >= 0.6 is 11.6 Å². The Balaban J connectivity index is 1.92. The summed E-state index contributed by atoms with van der Waals surface area (Å²) in [5.74, 6) is -0.181. The molecule has 0 N–H and O–H groups in total. The third kappa shape index (κ3) is 2.78. The van der Waals surface area contributed by atoms with Gasteiger partial charge in [0.1, 0.15) is 5.69 Å². The lowest BCUT2D eigenvalue weighted by Gasteiger charge is -2.15. The molecule has 3 aromatic rings. The zero-order valence-electron chi connectivity index (χ0n) is 13.6. The summed E-state index contributed by atoms with van der Waals surface area (Å²) in [7, 11) is 1.67. The third-order valence-corrected chi connectivity index (χ3v) is 4.13. The van der Waals surface area contributed by atoms with Gasteiger partial charge in [-0.05, 0) is 26.0 Å². The molecule has 0 aliphatic rings. The van der Waals surface area contributed by atoms with Crippen LogP contribution in [0.3, 0.4) is 0 Å². The molecule has 0 unspecified atom stereocenters. The molecule has 3 heterocycles. The SMILES string of the molecule is CCn1ncc(C(=O)N(C)c2cn(-c3cccnc3)nc2Cl)c1C. The van der Waals surface area contributed by atoms with Crippen LogP contribution in [-0.4, -0.2) is 37.5 Å². The van der Waals surface area contributed by atoms with E-state index in [0.29, 0.717) is 17.8 Å². The number of aryl methyl sites for hydroxylation is 1. The highest BCUT2D eigenvalue weighted by Gasteiger charge is 2.22. The van der Waals surface area contributed by atoms with Gasteiger partial charge < -0.3 is 4.90 Å². The summed E-state index contributed by atoms with van der Waals surface area (Å²) < 4.78 is 3.37. The Morgan fingerprint density at radius 3 is 2.79 bits per heavy atom. The van der Waals surface area contributed by atoms with Crippen LogP contribution in [0, 0.1) is 6.92 Å². The summed E-state index contributed by atoms with van der Waals surface area (Å²) in [6, 6.07) is 3.67. The van der Waals surface area contributed by atoms with E-state index in [2.05, 4.69) is 15.2 Å².